The summed E-state index contributed by atoms with van der Waals surface area (Å²) in [7, 11) is 0. The highest BCUT2D eigenvalue weighted by molar-refractivity contribution is 8.00. The van der Waals surface area contributed by atoms with E-state index in [1.807, 2.05) is 6.92 Å². The summed E-state index contributed by atoms with van der Waals surface area (Å²) in [6, 6.07) is -0.899. The second kappa shape index (κ2) is 7.43. The third-order valence-electron chi connectivity index (χ3n) is 2.82. The Morgan fingerprint density at radius 3 is 2.83 bits per heavy atom. The fourth-order valence-electron chi connectivity index (χ4n) is 1.86. The molecule has 1 atom stereocenters. The van der Waals surface area contributed by atoms with Crippen molar-refractivity contribution in [3.8, 4) is 0 Å². The van der Waals surface area contributed by atoms with E-state index in [9.17, 15) is 9.59 Å². The number of carboxylic acid groups (broad SMARTS) is 1. The number of carbonyl (C=O) groups is 2. The monoisotopic (exact) mass is 272 g/mol. The first-order valence-corrected chi connectivity index (χ1v) is 7.27. The van der Waals surface area contributed by atoms with Crippen LogP contribution in [0.3, 0.4) is 0 Å². The molecular weight excluding hydrogens is 252 g/mol. The lowest BCUT2D eigenvalue weighted by Crippen LogP contribution is -2.34. The Morgan fingerprint density at radius 2 is 2.33 bits per heavy atom. The highest BCUT2D eigenvalue weighted by Crippen LogP contribution is 2.22. The van der Waals surface area contributed by atoms with E-state index in [0.717, 1.165) is 25.0 Å². The summed E-state index contributed by atoms with van der Waals surface area (Å²) in [5.41, 5.74) is 6.48. The van der Waals surface area contributed by atoms with Crippen LogP contribution >= 0.6 is 11.8 Å². The van der Waals surface area contributed by atoms with Crippen LogP contribution in [0.4, 0.5) is 0 Å². The first kappa shape index (κ1) is 15.0. The second-order valence-electron chi connectivity index (χ2n) is 4.19. The van der Waals surface area contributed by atoms with Crippen molar-refractivity contribution in [2.75, 3.05) is 18.1 Å². The molecule has 0 unspecified atom stereocenters. The maximum atomic E-state index is 12.0. The molecule has 6 heteroatoms. The minimum atomic E-state index is -1.03. The quantitative estimate of drug-likeness (QED) is 0.723. The van der Waals surface area contributed by atoms with Crippen LogP contribution < -0.4 is 5.73 Å². The van der Waals surface area contributed by atoms with Crippen LogP contribution in [0.5, 0.6) is 0 Å². The average molecular weight is 272 g/mol. The van der Waals surface area contributed by atoms with Crippen LogP contribution in [0, 0.1) is 0 Å². The van der Waals surface area contributed by atoms with Gasteiger partial charge >= 0.3 is 5.97 Å². The SMILES string of the molecule is CCN(C(=O)CSC[C@@H](N)C(=O)O)C1=CCCC1. The zero-order valence-corrected chi connectivity index (χ0v) is 11.4. The van der Waals surface area contributed by atoms with E-state index in [-0.39, 0.29) is 17.4 Å². The van der Waals surface area contributed by atoms with Gasteiger partial charge in [0.1, 0.15) is 6.04 Å². The lowest BCUT2D eigenvalue weighted by molar-refractivity contribution is -0.138. The Balaban J connectivity index is 2.36. The molecule has 1 aliphatic carbocycles. The fourth-order valence-corrected chi connectivity index (χ4v) is 2.71. The van der Waals surface area contributed by atoms with E-state index in [4.69, 9.17) is 10.8 Å². The molecule has 0 heterocycles. The third kappa shape index (κ3) is 4.34. The van der Waals surface area contributed by atoms with Gasteiger partial charge in [-0.3, -0.25) is 9.59 Å². The van der Waals surface area contributed by atoms with Gasteiger partial charge in [-0.2, -0.15) is 0 Å². The number of carboxylic acids is 1. The highest BCUT2D eigenvalue weighted by Gasteiger charge is 2.19. The summed E-state index contributed by atoms with van der Waals surface area (Å²) in [5.74, 6) is -0.446. The first-order chi connectivity index (χ1) is 8.56. The Kier molecular flexibility index (Phi) is 6.21. The van der Waals surface area contributed by atoms with Gasteiger partial charge in [0.15, 0.2) is 0 Å². The smallest absolute Gasteiger partial charge is 0.321 e. The van der Waals surface area contributed by atoms with Crippen LogP contribution in [-0.2, 0) is 9.59 Å². The second-order valence-corrected chi connectivity index (χ2v) is 5.22. The molecule has 0 bridgehead atoms. The van der Waals surface area contributed by atoms with E-state index < -0.39 is 12.0 Å². The molecule has 0 aromatic rings. The van der Waals surface area contributed by atoms with Gasteiger partial charge in [0.05, 0.1) is 5.75 Å². The molecule has 1 amide bonds. The molecule has 0 aromatic heterocycles. The van der Waals surface area contributed by atoms with Gasteiger partial charge in [-0.25, -0.2) is 0 Å². The van der Waals surface area contributed by atoms with Crippen molar-refractivity contribution in [1.29, 1.82) is 0 Å². The number of rotatable bonds is 7. The van der Waals surface area contributed by atoms with Gasteiger partial charge in [-0.15, -0.1) is 11.8 Å². The van der Waals surface area contributed by atoms with Crippen molar-refractivity contribution in [2.45, 2.75) is 32.2 Å². The van der Waals surface area contributed by atoms with Gasteiger partial charge in [0, 0.05) is 18.0 Å². The number of nitrogens with two attached hydrogens (primary N) is 1. The zero-order chi connectivity index (χ0) is 13.5. The molecule has 102 valence electrons. The number of carbonyl (C=O) groups excluding carboxylic acids is 1. The number of aliphatic carboxylic acids is 1. The van der Waals surface area contributed by atoms with Gasteiger partial charge < -0.3 is 15.7 Å². The van der Waals surface area contributed by atoms with Gasteiger partial charge in [-0.05, 0) is 26.2 Å². The summed E-state index contributed by atoms with van der Waals surface area (Å²) in [6.07, 6.45) is 5.21. The van der Waals surface area contributed by atoms with Crippen molar-refractivity contribution >= 4 is 23.6 Å². The van der Waals surface area contributed by atoms with Crippen LogP contribution in [0.1, 0.15) is 26.2 Å². The van der Waals surface area contributed by atoms with Crippen molar-refractivity contribution in [1.82, 2.24) is 4.90 Å². The van der Waals surface area contributed by atoms with E-state index >= 15 is 0 Å². The van der Waals surface area contributed by atoms with E-state index in [0.29, 0.717) is 6.54 Å². The Labute approximate surface area is 111 Å². The largest absolute Gasteiger partial charge is 0.480 e. The topological polar surface area (TPSA) is 83.6 Å². The highest BCUT2D eigenvalue weighted by atomic mass is 32.2. The van der Waals surface area contributed by atoms with Crippen molar-refractivity contribution in [3.63, 3.8) is 0 Å². The summed E-state index contributed by atoms with van der Waals surface area (Å²) >= 11 is 1.28. The molecule has 0 radical (unpaired) electrons. The molecule has 18 heavy (non-hydrogen) atoms. The van der Waals surface area contributed by atoms with Crippen molar-refractivity contribution < 1.29 is 14.7 Å². The summed E-state index contributed by atoms with van der Waals surface area (Å²) in [5, 5.41) is 8.63. The molecular formula is C12H20N2O3S. The summed E-state index contributed by atoms with van der Waals surface area (Å²) in [6.45, 7) is 2.61. The van der Waals surface area contributed by atoms with Crippen LogP contribution in [0.15, 0.2) is 11.8 Å². The van der Waals surface area contributed by atoms with Crippen LogP contribution in [-0.4, -0.2) is 46.0 Å². The molecule has 3 N–H and O–H groups in total. The Morgan fingerprint density at radius 1 is 1.61 bits per heavy atom. The molecule has 0 saturated heterocycles. The van der Waals surface area contributed by atoms with E-state index in [1.54, 1.807) is 4.90 Å². The molecule has 0 saturated carbocycles. The standard InChI is InChI=1S/C12H20N2O3S/c1-2-14(9-5-3-4-6-9)11(15)8-18-7-10(13)12(16)17/h5,10H,2-4,6-8,13H2,1H3,(H,16,17)/t10-/m1/s1. The number of allylic oxidation sites excluding steroid dienone is 2. The summed E-state index contributed by atoms with van der Waals surface area (Å²) < 4.78 is 0. The molecule has 0 fully saturated rings. The molecule has 5 nitrogen and oxygen atoms in total. The Hall–Kier alpha value is -1.01. The zero-order valence-electron chi connectivity index (χ0n) is 10.6. The van der Waals surface area contributed by atoms with Crippen LogP contribution in [0.25, 0.3) is 0 Å². The molecule has 0 aliphatic heterocycles. The number of nitrogens with zero attached hydrogens (tertiary/aromatic N) is 1. The number of amides is 1. The molecule has 1 aliphatic rings. The lowest BCUT2D eigenvalue weighted by Gasteiger charge is -2.22. The van der Waals surface area contributed by atoms with E-state index in [2.05, 4.69) is 6.08 Å². The van der Waals surface area contributed by atoms with Gasteiger partial charge in [0.2, 0.25) is 5.91 Å². The van der Waals surface area contributed by atoms with Crippen LogP contribution in [0.2, 0.25) is 0 Å². The van der Waals surface area contributed by atoms with Gasteiger partial charge in [0.25, 0.3) is 0 Å². The first-order valence-electron chi connectivity index (χ1n) is 6.11. The number of hydrogen-bond acceptors (Lipinski definition) is 4. The predicted octanol–water partition coefficient (Wildman–Crippen LogP) is 1.05. The maximum absolute atomic E-state index is 12.0. The molecule has 1 rings (SSSR count). The molecule has 0 aromatic carbocycles. The molecule has 0 spiro atoms. The third-order valence-corrected chi connectivity index (χ3v) is 3.87. The predicted molar refractivity (Wildman–Crippen MR) is 72.3 cm³/mol. The average Bonchev–Trinajstić information content (AvgIpc) is 2.83. The lowest BCUT2D eigenvalue weighted by atomic mass is 10.3. The summed E-state index contributed by atoms with van der Waals surface area (Å²) in [4.78, 5) is 24.3. The Bertz CT molecular complexity index is 344. The normalized spacial score (nSPS) is 16.2. The number of hydrogen-bond donors (Lipinski definition) is 2. The maximum Gasteiger partial charge on any atom is 0.321 e. The minimum Gasteiger partial charge on any atom is -0.480 e. The van der Waals surface area contributed by atoms with Crippen molar-refractivity contribution in [3.05, 3.63) is 11.8 Å². The van der Waals surface area contributed by atoms with Gasteiger partial charge in [-0.1, -0.05) is 6.08 Å². The fraction of sp³-hybridized carbons (Fsp3) is 0.667. The van der Waals surface area contributed by atoms with Crippen molar-refractivity contribution in [2.24, 2.45) is 5.73 Å². The number of thioether (sulfide) groups is 1. The van der Waals surface area contributed by atoms with E-state index in [1.165, 1.54) is 11.8 Å². The minimum absolute atomic E-state index is 0.0354.